The van der Waals surface area contributed by atoms with Gasteiger partial charge >= 0.3 is 0 Å². The fourth-order valence-corrected chi connectivity index (χ4v) is 5.05. The van der Waals surface area contributed by atoms with Gasteiger partial charge in [-0.25, -0.2) is 0 Å². The predicted molar refractivity (Wildman–Crippen MR) is 113 cm³/mol. The van der Waals surface area contributed by atoms with Crippen LogP contribution in [0.25, 0.3) is 0 Å². The van der Waals surface area contributed by atoms with Crippen LogP contribution in [-0.2, 0) is 11.3 Å². The van der Waals surface area contributed by atoms with Gasteiger partial charge in [-0.1, -0.05) is 30.3 Å². The fourth-order valence-electron chi connectivity index (χ4n) is 5.05. The van der Waals surface area contributed by atoms with E-state index in [1.807, 2.05) is 12.1 Å². The molecule has 0 saturated carbocycles. The first-order chi connectivity index (χ1) is 14.8. The third-order valence-electron chi connectivity index (χ3n) is 6.70. The standard InChI is InChI=1S/C24H29N3O3/c28-24(27-10-4-5-11-27)23(20-6-2-1-3-7-20)26-14-12-25(13-15-26)17-19-8-9-21-22(16-19)30-18-29-21/h1-3,6-9,16,23H,4-5,10-15,17-18H2/p+2/t23-/m1/s1. The van der Waals surface area contributed by atoms with Crippen molar-refractivity contribution in [3.63, 3.8) is 0 Å². The molecule has 3 heterocycles. The molecule has 0 spiro atoms. The SMILES string of the molecule is O=C([C@@H](c1ccccc1)[NH+]1CC[NH+](Cc2ccc3c(c2)OCO3)CC1)N1CCCC1. The maximum Gasteiger partial charge on any atom is 0.285 e. The number of amides is 1. The topological polar surface area (TPSA) is 47.7 Å². The average molecular weight is 410 g/mol. The summed E-state index contributed by atoms with van der Waals surface area (Å²) in [6.07, 6.45) is 2.27. The van der Waals surface area contributed by atoms with Gasteiger partial charge in [0.2, 0.25) is 6.79 Å². The number of quaternary nitrogens is 2. The summed E-state index contributed by atoms with van der Waals surface area (Å²) in [5, 5.41) is 0. The number of rotatable bonds is 5. The van der Waals surface area contributed by atoms with E-state index in [4.69, 9.17) is 9.47 Å². The summed E-state index contributed by atoms with van der Waals surface area (Å²) in [5.41, 5.74) is 2.44. The lowest BCUT2D eigenvalue weighted by Gasteiger charge is -2.35. The minimum Gasteiger partial charge on any atom is -0.454 e. The first-order valence-corrected chi connectivity index (χ1v) is 11.2. The second-order valence-corrected chi connectivity index (χ2v) is 8.65. The van der Waals surface area contributed by atoms with E-state index >= 15 is 0 Å². The molecule has 0 aliphatic carbocycles. The van der Waals surface area contributed by atoms with Crippen LogP contribution in [0.5, 0.6) is 11.5 Å². The average Bonchev–Trinajstić information content (AvgIpc) is 3.48. The summed E-state index contributed by atoms with van der Waals surface area (Å²) >= 11 is 0. The summed E-state index contributed by atoms with van der Waals surface area (Å²) in [4.78, 5) is 18.5. The third kappa shape index (κ3) is 4.02. The van der Waals surface area contributed by atoms with Crippen LogP contribution in [0, 0.1) is 0 Å². The van der Waals surface area contributed by atoms with Crippen molar-refractivity contribution in [2.75, 3.05) is 46.1 Å². The number of ether oxygens (including phenoxy) is 2. The molecule has 3 aliphatic rings. The van der Waals surface area contributed by atoms with Crippen LogP contribution in [-0.4, -0.2) is 56.9 Å². The minimum atomic E-state index is -0.0728. The number of nitrogens with zero attached hydrogens (tertiary/aromatic N) is 1. The maximum absolute atomic E-state index is 13.4. The van der Waals surface area contributed by atoms with E-state index in [-0.39, 0.29) is 6.04 Å². The molecule has 3 aliphatic heterocycles. The number of hydrogen-bond acceptors (Lipinski definition) is 3. The zero-order chi connectivity index (χ0) is 20.3. The van der Waals surface area contributed by atoms with Gasteiger partial charge in [0.1, 0.15) is 32.7 Å². The molecule has 1 amide bonds. The summed E-state index contributed by atoms with van der Waals surface area (Å²) in [6, 6.07) is 16.6. The fraction of sp³-hybridized carbons (Fsp3) is 0.458. The van der Waals surface area contributed by atoms with E-state index in [2.05, 4.69) is 41.3 Å². The Labute approximate surface area is 178 Å². The highest BCUT2D eigenvalue weighted by Gasteiger charge is 2.38. The first-order valence-electron chi connectivity index (χ1n) is 11.2. The van der Waals surface area contributed by atoms with Gasteiger partial charge in [0.25, 0.3) is 5.91 Å². The molecule has 0 unspecified atom stereocenters. The largest absolute Gasteiger partial charge is 0.454 e. The van der Waals surface area contributed by atoms with Gasteiger partial charge in [-0.05, 0) is 31.0 Å². The molecule has 1 atom stereocenters. The van der Waals surface area contributed by atoms with Crippen LogP contribution in [0.15, 0.2) is 48.5 Å². The quantitative estimate of drug-likeness (QED) is 0.735. The zero-order valence-corrected chi connectivity index (χ0v) is 17.4. The Bertz CT molecular complexity index is 875. The van der Waals surface area contributed by atoms with Crippen molar-refractivity contribution in [1.82, 2.24) is 4.90 Å². The van der Waals surface area contributed by atoms with Gasteiger partial charge in [-0.2, -0.15) is 0 Å². The van der Waals surface area contributed by atoms with Crippen molar-refractivity contribution in [2.45, 2.75) is 25.4 Å². The highest BCUT2D eigenvalue weighted by molar-refractivity contribution is 5.82. The molecule has 2 N–H and O–H groups in total. The van der Waals surface area contributed by atoms with Crippen LogP contribution >= 0.6 is 0 Å². The van der Waals surface area contributed by atoms with E-state index in [0.29, 0.717) is 12.7 Å². The van der Waals surface area contributed by atoms with Crippen molar-refractivity contribution >= 4 is 5.91 Å². The van der Waals surface area contributed by atoms with Gasteiger partial charge in [-0.3, -0.25) is 4.79 Å². The number of nitrogens with one attached hydrogen (secondary N) is 2. The Hall–Kier alpha value is -2.57. The Kier molecular flexibility index (Phi) is 5.60. The molecule has 0 aromatic heterocycles. The summed E-state index contributed by atoms with van der Waals surface area (Å²) in [7, 11) is 0. The third-order valence-corrected chi connectivity index (χ3v) is 6.70. The zero-order valence-electron chi connectivity index (χ0n) is 17.4. The van der Waals surface area contributed by atoms with Gasteiger partial charge in [0.05, 0.1) is 0 Å². The van der Waals surface area contributed by atoms with Crippen molar-refractivity contribution in [3.8, 4) is 11.5 Å². The van der Waals surface area contributed by atoms with E-state index in [9.17, 15) is 4.79 Å². The Morgan fingerprint density at radius 2 is 1.67 bits per heavy atom. The van der Waals surface area contributed by atoms with Crippen LogP contribution in [0.1, 0.15) is 30.0 Å². The number of fused-ring (bicyclic) bond motifs is 1. The number of benzene rings is 2. The smallest absolute Gasteiger partial charge is 0.285 e. The number of likely N-dealkylation sites (tertiary alicyclic amines) is 1. The van der Waals surface area contributed by atoms with Crippen LogP contribution in [0.2, 0.25) is 0 Å². The van der Waals surface area contributed by atoms with E-state index < -0.39 is 0 Å². The van der Waals surface area contributed by atoms with E-state index in [1.165, 1.54) is 10.5 Å². The second kappa shape index (κ2) is 8.66. The molecule has 0 bridgehead atoms. The van der Waals surface area contributed by atoms with Crippen molar-refractivity contribution < 1.29 is 24.1 Å². The number of carbonyl (C=O) groups is 1. The lowest BCUT2D eigenvalue weighted by Crippen LogP contribution is -3.28. The Morgan fingerprint density at radius 1 is 0.933 bits per heavy atom. The highest BCUT2D eigenvalue weighted by Crippen LogP contribution is 2.32. The number of piperazine rings is 1. The minimum absolute atomic E-state index is 0.0728. The molecule has 2 aromatic rings. The van der Waals surface area contributed by atoms with Gasteiger partial charge in [0, 0.05) is 24.2 Å². The summed E-state index contributed by atoms with van der Waals surface area (Å²) < 4.78 is 10.9. The molecule has 2 saturated heterocycles. The number of hydrogen-bond donors (Lipinski definition) is 2. The molecule has 158 valence electrons. The van der Waals surface area contributed by atoms with E-state index in [1.54, 1.807) is 4.90 Å². The molecule has 0 radical (unpaired) electrons. The van der Waals surface area contributed by atoms with Gasteiger partial charge in [-0.15, -0.1) is 0 Å². The maximum atomic E-state index is 13.4. The molecular weight excluding hydrogens is 378 g/mol. The van der Waals surface area contributed by atoms with Crippen molar-refractivity contribution in [1.29, 1.82) is 0 Å². The molecule has 2 fully saturated rings. The molecule has 6 nitrogen and oxygen atoms in total. The van der Waals surface area contributed by atoms with Crippen LogP contribution in [0.4, 0.5) is 0 Å². The van der Waals surface area contributed by atoms with Crippen LogP contribution < -0.4 is 19.3 Å². The van der Waals surface area contributed by atoms with E-state index in [0.717, 1.165) is 75.7 Å². The van der Waals surface area contributed by atoms with Crippen LogP contribution in [0.3, 0.4) is 0 Å². The molecule has 5 rings (SSSR count). The monoisotopic (exact) mass is 409 g/mol. The van der Waals surface area contributed by atoms with Crippen molar-refractivity contribution in [2.24, 2.45) is 0 Å². The highest BCUT2D eigenvalue weighted by atomic mass is 16.7. The normalized spacial score (nSPS) is 24.1. The lowest BCUT2D eigenvalue weighted by atomic mass is 10.0. The molecular formula is C24H31N3O3+2. The lowest BCUT2D eigenvalue weighted by molar-refractivity contribution is -1.03. The molecule has 2 aromatic carbocycles. The van der Waals surface area contributed by atoms with Gasteiger partial charge in [0.15, 0.2) is 17.5 Å². The first kappa shape index (κ1) is 19.4. The van der Waals surface area contributed by atoms with Gasteiger partial charge < -0.3 is 24.2 Å². The Balaban J connectivity index is 1.25. The molecule has 30 heavy (non-hydrogen) atoms. The Morgan fingerprint density at radius 3 is 2.43 bits per heavy atom. The summed E-state index contributed by atoms with van der Waals surface area (Å²) in [5.74, 6) is 2.01. The summed E-state index contributed by atoms with van der Waals surface area (Å²) in [6.45, 7) is 7.30. The number of carbonyl (C=O) groups excluding carboxylic acids is 1. The predicted octanol–water partition coefficient (Wildman–Crippen LogP) is 0.0624. The molecule has 6 heteroatoms. The second-order valence-electron chi connectivity index (χ2n) is 8.65. The van der Waals surface area contributed by atoms with Crippen molar-refractivity contribution in [3.05, 3.63) is 59.7 Å².